The summed E-state index contributed by atoms with van der Waals surface area (Å²) in [6.07, 6.45) is 10.9. The molecule has 1 aromatic rings. The zero-order valence-corrected chi connectivity index (χ0v) is 16.6. The minimum atomic E-state index is -0.889. The SMILES string of the molecule is CN(C(=O)CCC1CCCCC1)C1(c2ccccc2Cl)CCCCC1=O. The van der Waals surface area contributed by atoms with Gasteiger partial charge in [-0.15, -0.1) is 0 Å². The van der Waals surface area contributed by atoms with Crippen LogP contribution >= 0.6 is 11.6 Å². The van der Waals surface area contributed by atoms with Crippen molar-refractivity contribution < 1.29 is 9.59 Å². The molecule has 0 N–H and O–H groups in total. The molecule has 1 amide bonds. The van der Waals surface area contributed by atoms with E-state index in [4.69, 9.17) is 11.6 Å². The molecule has 0 aliphatic heterocycles. The monoisotopic (exact) mass is 375 g/mol. The van der Waals surface area contributed by atoms with Crippen molar-refractivity contribution in [2.24, 2.45) is 5.92 Å². The fourth-order valence-corrected chi connectivity index (χ4v) is 5.11. The number of hydrogen-bond acceptors (Lipinski definition) is 2. The van der Waals surface area contributed by atoms with Crippen molar-refractivity contribution in [3.63, 3.8) is 0 Å². The predicted octanol–water partition coefficient (Wildman–Crippen LogP) is 5.50. The van der Waals surface area contributed by atoms with E-state index in [1.807, 2.05) is 24.3 Å². The molecule has 1 aromatic carbocycles. The van der Waals surface area contributed by atoms with Crippen LogP contribution in [-0.2, 0) is 15.1 Å². The first kappa shape index (κ1) is 19.4. The number of ketones is 1. The average molecular weight is 376 g/mol. The number of nitrogens with zero attached hydrogens (tertiary/aromatic N) is 1. The molecule has 2 aliphatic carbocycles. The number of carbonyl (C=O) groups excluding carboxylic acids is 2. The van der Waals surface area contributed by atoms with Gasteiger partial charge in [0.05, 0.1) is 0 Å². The van der Waals surface area contributed by atoms with Crippen molar-refractivity contribution in [1.82, 2.24) is 4.90 Å². The summed E-state index contributed by atoms with van der Waals surface area (Å²) in [6, 6.07) is 7.51. The van der Waals surface area contributed by atoms with E-state index in [9.17, 15) is 9.59 Å². The Morgan fingerprint density at radius 3 is 2.58 bits per heavy atom. The van der Waals surface area contributed by atoms with Gasteiger partial charge in [-0.05, 0) is 37.7 Å². The van der Waals surface area contributed by atoms with Gasteiger partial charge in [0.2, 0.25) is 5.91 Å². The number of halogens is 1. The Morgan fingerprint density at radius 1 is 1.15 bits per heavy atom. The summed E-state index contributed by atoms with van der Waals surface area (Å²) < 4.78 is 0. The lowest BCUT2D eigenvalue weighted by atomic mass is 9.74. The first-order valence-corrected chi connectivity index (χ1v) is 10.5. The van der Waals surface area contributed by atoms with Crippen LogP contribution in [0, 0.1) is 5.92 Å². The molecule has 3 rings (SSSR count). The summed E-state index contributed by atoms with van der Waals surface area (Å²) in [5.41, 5.74) is -0.0971. The van der Waals surface area contributed by atoms with E-state index in [1.54, 1.807) is 11.9 Å². The van der Waals surface area contributed by atoms with E-state index in [-0.39, 0.29) is 11.7 Å². The molecule has 26 heavy (non-hydrogen) atoms. The van der Waals surface area contributed by atoms with Gasteiger partial charge in [-0.2, -0.15) is 0 Å². The fraction of sp³-hybridized carbons (Fsp3) is 0.636. The first-order valence-electron chi connectivity index (χ1n) is 10.1. The van der Waals surface area contributed by atoms with Crippen LogP contribution in [0.15, 0.2) is 24.3 Å². The standard InChI is InChI=1S/C22H30ClNO2/c1-24(21(26)15-14-17-9-3-2-4-10-17)22(16-8-7-13-20(22)25)18-11-5-6-12-19(18)23/h5-6,11-12,17H,2-4,7-10,13-16H2,1H3. The summed E-state index contributed by atoms with van der Waals surface area (Å²) in [6.45, 7) is 0. The van der Waals surface area contributed by atoms with Gasteiger partial charge in [-0.1, -0.05) is 61.9 Å². The minimum absolute atomic E-state index is 0.0748. The molecular weight excluding hydrogens is 346 g/mol. The third-order valence-electron chi connectivity index (χ3n) is 6.41. The van der Waals surface area contributed by atoms with Crippen LogP contribution in [-0.4, -0.2) is 23.6 Å². The molecule has 2 fully saturated rings. The zero-order valence-electron chi connectivity index (χ0n) is 15.8. The highest BCUT2D eigenvalue weighted by Gasteiger charge is 2.47. The first-order chi connectivity index (χ1) is 12.6. The predicted molar refractivity (Wildman–Crippen MR) is 105 cm³/mol. The Balaban J connectivity index is 1.81. The lowest BCUT2D eigenvalue weighted by molar-refractivity contribution is -0.148. The highest BCUT2D eigenvalue weighted by Crippen LogP contribution is 2.42. The van der Waals surface area contributed by atoms with Gasteiger partial charge in [0, 0.05) is 30.5 Å². The molecule has 0 aromatic heterocycles. The number of benzene rings is 1. The van der Waals surface area contributed by atoms with Gasteiger partial charge in [-0.3, -0.25) is 9.59 Å². The Bertz CT molecular complexity index is 653. The average Bonchev–Trinajstić information content (AvgIpc) is 2.67. The lowest BCUT2D eigenvalue weighted by Gasteiger charge is -2.44. The topological polar surface area (TPSA) is 37.4 Å². The number of hydrogen-bond donors (Lipinski definition) is 0. The third kappa shape index (κ3) is 3.83. The molecule has 0 radical (unpaired) electrons. The second kappa shape index (κ2) is 8.56. The van der Waals surface area contributed by atoms with E-state index in [0.717, 1.165) is 24.8 Å². The van der Waals surface area contributed by atoms with E-state index >= 15 is 0 Å². The molecule has 3 nitrogen and oxygen atoms in total. The Labute approximate surface area is 162 Å². The van der Waals surface area contributed by atoms with Crippen LogP contribution in [0.1, 0.15) is 76.2 Å². The molecule has 2 saturated carbocycles. The van der Waals surface area contributed by atoms with E-state index < -0.39 is 5.54 Å². The van der Waals surface area contributed by atoms with Gasteiger partial charge < -0.3 is 4.90 Å². The molecule has 142 valence electrons. The summed E-state index contributed by atoms with van der Waals surface area (Å²) in [5, 5.41) is 0.578. The van der Waals surface area contributed by atoms with E-state index in [0.29, 0.717) is 30.2 Å². The Kier molecular flexibility index (Phi) is 6.39. The zero-order chi connectivity index (χ0) is 18.6. The summed E-state index contributed by atoms with van der Waals surface area (Å²) in [5.74, 6) is 0.871. The van der Waals surface area contributed by atoms with Gasteiger partial charge in [0.1, 0.15) is 5.54 Å². The number of carbonyl (C=O) groups is 2. The van der Waals surface area contributed by atoms with Gasteiger partial charge in [0.25, 0.3) is 0 Å². The normalized spacial score (nSPS) is 24.5. The number of rotatable bonds is 5. The molecule has 0 spiro atoms. The molecule has 0 bridgehead atoms. The minimum Gasteiger partial charge on any atom is -0.329 e. The smallest absolute Gasteiger partial charge is 0.223 e. The summed E-state index contributed by atoms with van der Waals surface area (Å²) in [7, 11) is 1.80. The second-order valence-corrected chi connectivity index (χ2v) is 8.37. The molecule has 0 heterocycles. The molecule has 2 aliphatic rings. The maximum atomic E-state index is 13.1. The third-order valence-corrected chi connectivity index (χ3v) is 6.74. The maximum absolute atomic E-state index is 13.1. The molecule has 1 atom stereocenters. The molecule has 4 heteroatoms. The van der Waals surface area contributed by atoms with Crippen molar-refractivity contribution >= 4 is 23.3 Å². The Morgan fingerprint density at radius 2 is 1.88 bits per heavy atom. The van der Waals surface area contributed by atoms with Crippen LogP contribution in [0.3, 0.4) is 0 Å². The molecule has 0 saturated heterocycles. The molecular formula is C22H30ClNO2. The van der Waals surface area contributed by atoms with Crippen molar-refractivity contribution in [2.75, 3.05) is 7.05 Å². The van der Waals surface area contributed by atoms with Crippen LogP contribution in [0.2, 0.25) is 5.02 Å². The highest BCUT2D eigenvalue weighted by molar-refractivity contribution is 6.31. The largest absolute Gasteiger partial charge is 0.329 e. The van der Waals surface area contributed by atoms with Crippen LogP contribution < -0.4 is 0 Å². The number of Topliss-reactive ketones (excluding diaryl/α,β-unsaturated/α-hetero) is 1. The fourth-order valence-electron chi connectivity index (χ4n) is 4.81. The summed E-state index contributed by atoms with van der Waals surface area (Å²) in [4.78, 5) is 27.8. The van der Waals surface area contributed by atoms with Gasteiger partial charge in [0.15, 0.2) is 5.78 Å². The molecule has 1 unspecified atom stereocenters. The van der Waals surface area contributed by atoms with Crippen molar-refractivity contribution in [1.29, 1.82) is 0 Å². The van der Waals surface area contributed by atoms with E-state index in [2.05, 4.69) is 0 Å². The van der Waals surface area contributed by atoms with Crippen molar-refractivity contribution in [2.45, 2.75) is 76.2 Å². The van der Waals surface area contributed by atoms with Crippen molar-refractivity contribution in [3.8, 4) is 0 Å². The van der Waals surface area contributed by atoms with Crippen LogP contribution in [0.4, 0.5) is 0 Å². The highest BCUT2D eigenvalue weighted by atomic mass is 35.5. The quantitative estimate of drug-likeness (QED) is 0.681. The maximum Gasteiger partial charge on any atom is 0.223 e. The van der Waals surface area contributed by atoms with Crippen LogP contribution in [0.25, 0.3) is 0 Å². The lowest BCUT2D eigenvalue weighted by Crippen LogP contribution is -2.54. The van der Waals surface area contributed by atoms with Gasteiger partial charge in [-0.25, -0.2) is 0 Å². The van der Waals surface area contributed by atoms with E-state index in [1.165, 1.54) is 32.1 Å². The Hall–Kier alpha value is -1.35. The van der Waals surface area contributed by atoms with Gasteiger partial charge >= 0.3 is 0 Å². The van der Waals surface area contributed by atoms with Crippen LogP contribution in [0.5, 0.6) is 0 Å². The number of likely N-dealkylation sites (N-methyl/N-ethyl adjacent to an activating group) is 1. The summed E-state index contributed by atoms with van der Waals surface area (Å²) >= 11 is 6.47. The van der Waals surface area contributed by atoms with Crippen molar-refractivity contribution in [3.05, 3.63) is 34.9 Å². The second-order valence-electron chi connectivity index (χ2n) is 7.97. The number of amides is 1.